The molecular formula is C12H16F2N2O. The lowest BCUT2D eigenvalue weighted by Crippen LogP contribution is -2.31. The molecule has 0 fully saturated rings. The maximum absolute atomic E-state index is 13.2. The second-order valence-electron chi connectivity index (χ2n) is 4.02. The van der Waals surface area contributed by atoms with Crippen molar-refractivity contribution in [3.05, 3.63) is 35.4 Å². The minimum Gasteiger partial charge on any atom is -0.356 e. The Balaban J connectivity index is 2.38. The van der Waals surface area contributed by atoms with Gasteiger partial charge in [0.25, 0.3) is 0 Å². The molecular weight excluding hydrogens is 226 g/mol. The third-order valence-corrected chi connectivity index (χ3v) is 2.24. The molecule has 1 atom stereocenters. The van der Waals surface area contributed by atoms with Gasteiger partial charge in [0.15, 0.2) is 0 Å². The van der Waals surface area contributed by atoms with Gasteiger partial charge in [-0.15, -0.1) is 0 Å². The maximum atomic E-state index is 13.2. The highest BCUT2D eigenvalue weighted by Crippen LogP contribution is 2.09. The third kappa shape index (κ3) is 4.91. The van der Waals surface area contributed by atoms with Crippen molar-refractivity contribution in [2.75, 3.05) is 6.54 Å². The largest absolute Gasteiger partial charge is 0.356 e. The molecule has 94 valence electrons. The summed E-state index contributed by atoms with van der Waals surface area (Å²) in [6.45, 7) is 2.05. The van der Waals surface area contributed by atoms with Crippen molar-refractivity contribution in [3.8, 4) is 0 Å². The van der Waals surface area contributed by atoms with Crippen LogP contribution in [0.1, 0.15) is 18.9 Å². The van der Waals surface area contributed by atoms with Gasteiger partial charge in [-0.2, -0.15) is 0 Å². The van der Waals surface area contributed by atoms with E-state index in [1.165, 1.54) is 12.1 Å². The van der Waals surface area contributed by atoms with Crippen LogP contribution >= 0.6 is 0 Å². The average molecular weight is 242 g/mol. The van der Waals surface area contributed by atoms with Gasteiger partial charge in [-0.25, -0.2) is 8.78 Å². The molecule has 0 radical (unpaired) electrons. The van der Waals surface area contributed by atoms with E-state index in [1.54, 1.807) is 6.92 Å². The average Bonchev–Trinajstić information content (AvgIpc) is 2.20. The number of rotatable bonds is 5. The number of carbonyl (C=O) groups is 1. The van der Waals surface area contributed by atoms with E-state index in [2.05, 4.69) is 5.32 Å². The first-order valence-corrected chi connectivity index (χ1v) is 5.45. The Kier molecular flexibility index (Phi) is 5.03. The first-order valence-electron chi connectivity index (χ1n) is 5.45. The molecule has 5 heteroatoms. The summed E-state index contributed by atoms with van der Waals surface area (Å²) in [6.07, 6.45) is 0.572. The number of benzene rings is 1. The summed E-state index contributed by atoms with van der Waals surface area (Å²) in [6, 6.07) is 3.21. The fraction of sp³-hybridized carbons (Fsp3) is 0.417. The lowest BCUT2D eigenvalue weighted by molar-refractivity contribution is -0.121. The van der Waals surface area contributed by atoms with Crippen molar-refractivity contribution in [2.45, 2.75) is 25.8 Å². The fourth-order valence-corrected chi connectivity index (χ4v) is 1.43. The van der Waals surface area contributed by atoms with Gasteiger partial charge in [-0.1, -0.05) is 6.07 Å². The molecule has 0 aliphatic heterocycles. The van der Waals surface area contributed by atoms with Crippen LogP contribution in [0.2, 0.25) is 0 Å². The van der Waals surface area contributed by atoms with E-state index >= 15 is 0 Å². The van der Waals surface area contributed by atoms with Crippen LogP contribution in [0.15, 0.2) is 18.2 Å². The van der Waals surface area contributed by atoms with Crippen molar-refractivity contribution in [1.29, 1.82) is 0 Å². The zero-order chi connectivity index (χ0) is 12.8. The number of amides is 1. The molecule has 0 aliphatic carbocycles. The Hall–Kier alpha value is -1.49. The van der Waals surface area contributed by atoms with E-state index in [4.69, 9.17) is 5.73 Å². The molecule has 0 aromatic heterocycles. The summed E-state index contributed by atoms with van der Waals surface area (Å²) >= 11 is 0. The van der Waals surface area contributed by atoms with Gasteiger partial charge < -0.3 is 11.1 Å². The lowest BCUT2D eigenvalue weighted by atomic mass is 10.1. The van der Waals surface area contributed by atoms with Gasteiger partial charge in [0.1, 0.15) is 11.6 Å². The number of halogens is 2. The fourth-order valence-electron chi connectivity index (χ4n) is 1.43. The van der Waals surface area contributed by atoms with Crippen LogP contribution in [0.5, 0.6) is 0 Å². The molecule has 1 unspecified atom stereocenters. The third-order valence-electron chi connectivity index (χ3n) is 2.24. The molecule has 1 aromatic carbocycles. The molecule has 0 aliphatic rings. The highest BCUT2D eigenvalue weighted by molar-refractivity contribution is 5.76. The Morgan fingerprint density at radius 3 is 2.76 bits per heavy atom. The number of nitrogens with one attached hydrogen (secondary N) is 1. The van der Waals surface area contributed by atoms with Crippen LogP contribution in [-0.4, -0.2) is 18.5 Å². The van der Waals surface area contributed by atoms with Crippen LogP contribution in [-0.2, 0) is 11.2 Å². The van der Waals surface area contributed by atoms with Crippen LogP contribution < -0.4 is 11.1 Å². The van der Waals surface area contributed by atoms with Crippen molar-refractivity contribution in [1.82, 2.24) is 5.32 Å². The summed E-state index contributed by atoms with van der Waals surface area (Å²) < 4.78 is 25.8. The molecule has 17 heavy (non-hydrogen) atoms. The Bertz CT molecular complexity index is 394. The molecule has 0 heterocycles. The highest BCUT2D eigenvalue weighted by atomic mass is 19.1. The first kappa shape index (κ1) is 13.6. The van der Waals surface area contributed by atoms with Gasteiger partial charge in [-0.3, -0.25) is 4.79 Å². The van der Waals surface area contributed by atoms with Gasteiger partial charge in [0, 0.05) is 25.1 Å². The van der Waals surface area contributed by atoms with Gasteiger partial charge in [0.05, 0.1) is 0 Å². The molecule has 1 amide bonds. The number of hydrogen-bond donors (Lipinski definition) is 2. The van der Waals surface area contributed by atoms with Crippen LogP contribution in [0.4, 0.5) is 8.78 Å². The smallest absolute Gasteiger partial charge is 0.221 e. The quantitative estimate of drug-likeness (QED) is 0.819. The summed E-state index contributed by atoms with van der Waals surface area (Å²) in [5.41, 5.74) is 5.84. The van der Waals surface area contributed by atoms with E-state index in [1.807, 2.05) is 0 Å². The monoisotopic (exact) mass is 242 g/mol. The van der Waals surface area contributed by atoms with Crippen molar-refractivity contribution in [3.63, 3.8) is 0 Å². The minimum absolute atomic E-state index is 0.164. The standard InChI is InChI=1S/C12H16F2N2O/c1-8(15)6-12(17)16-5-4-9-2-3-10(13)7-11(9)14/h2-3,7-8H,4-6,15H2,1H3,(H,16,17). The number of hydrogen-bond acceptors (Lipinski definition) is 2. The first-order chi connectivity index (χ1) is 7.99. The summed E-state index contributed by atoms with van der Waals surface area (Å²) in [5.74, 6) is -1.36. The normalized spacial score (nSPS) is 12.2. The maximum Gasteiger partial charge on any atom is 0.221 e. The molecule has 0 saturated carbocycles. The zero-order valence-corrected chi connectivity index (χ0v) is 9.67. The minimum atomic E-state index is -0.604. The van der Waals surface area contributed by atoms with Gasteiger partial charge in [0.2, 0.25) is 5.91 Å². The molecule has 0 bridgehead atoms. The molecule has 0 saturated heterocycles. The van der Waals surface area contributed by atoms with Gasteiger partial charge >= 0.3 is 0 Å². The second-order valence-corrected chi connectivity index (χ2v) is 4.02. The Labute approximate surface area is 99.0 Å². The molecule has 3 nitrogen and oxygen atoms in total. The molecule has 0 spiro atoms. The number of nitrogens with two attached hydrogens (primary N) is 1. The molecule has 3 N–H and O–H groups in total. The summed E-state index contributed by atoms with van der Waals surface area (Å²) in [4.78, 5) is 11.2. The van der Waals surface area contributed by atoms with E-state index < -0.39 is 11.6 Å². The van der Waals surface area contributed by atoms with Crippen LogP contribution in [0, 0.1) is 11.6 Å². The zero-order valence-electron chi connectivity index (χ0n) is 9.67. The van der Waals surface area contributed by atoms with Crippen LogP contribution in [0.3, 0.4) is 0 Å². The Morgan fingerprint density at radius 2 is 2.18 bits per heavy atom. The SMILES string of the molecule is CC(N)CC(=O)NCCc1ccc(F)cc1F. The van der Waals surface area contributed by atoms with E-state index in [-0.39, 0.29) is 18.4 Å². The highest BCUT2D eigenvalue weighted by Gasteiger charge is 2.06. The van der Waals surface area contributed by atoms with Crippen molar-refractivity contribution in [2.24, 2.45) is 5.73 Å². The summed E-state index contributed by atoms with van der Waals surface area (Å²) in [7, 11) is 0. The predicted molar refractivity (Wildman–Crippen MR) is 61.3 cm³/mol. The van der Waals surface area contributed by atoms with Crippen molar-refractivity contribution >= 4 is 5.91 Å². The summed E-state index contributed by atoms with van der Waals surface area (Å²) in [5, 5.41) is 2.62. The molecule has 1 aromatic rings. The lowest BCUT2D eigenvalue weighted by Gasteiger charge is -2.07. The second kappa shape index (κ2) is 6.30. The topological polar surface area (TPSA) is 55.1 Å². The predicted octanol–water partition coefficient (Wildman–Crippen LogP) is 1.36. The van der Waals surface area contributed by atoms with E-state index in [0.29, 0.717) is 18.5 Å². The van der Waals surface area contributed by atoms with E-state index in [9.17, 15) is 13.6 Å². The van der Waals surface area contributed by atoms with E-state index in [0.717, 1.165) is 6.07 Å². The number of carbonyl (C=O) groups excluding carboxylic acids is 1. The van der Waals surface area contributed by atoms with Crippen LogP contribution in [0.25, 0.3) is 0 Å². The van der Waals surface area contributed by atoms with Gasteiger partial charge in [-0.05, 0) is 25.0 Å². The Morgan fingerprint density at radius 1 is 1.47 bits per heavy atom. The van der Waals surface area contributed by atoms with Crippen molar-refractivity contribution < 1.29 is 13.6 Å². The molecule has 1 rings (SSSR count).